The summed E-state index contributed by atoms with van der Waals surface area (Å²) in [5.41, 5.74) is -4.21. The Balaban J connectivity index is 2.18. The topological polar surface area (TPSA) is 12.0 Å². The smallest absolute Gasteiger partial charge is 0.200 e. The zero-order chi connectivity index (χ0) is 26.6. The molecule has 4 rings (SSSR count). The molecule has 36 heavy (non-hydrogen) atoms. The van der Waals surface area contributed by atoms with Gasteiger partial charge in [0.25, 0.3) is 0 Å². The predicted octanol–water partition coefficient (Wildman–Crippen LogP) is 8.19. The molecule has 188 valence electrons. The van der Waals surface area contributed by atoms with Crippen molar-refractivity contribution in [1.29, 1.82) is 0 Å². The van der Waals surface area contributed by atoms with Crippen LogP contribution in [0.5, 0.6) is 0 Å². The van der Waals surface area contributed by atoms with Gasteiger partial charge in [0.15, 0.2) is 46.5 Å². The van der Waals surface area contributed by atoms with Crippen LogP contribution >= 0.6 is 0 Å². The van der Waals surface area contributed by atoms with Gasteiger partial charge in [0.05, 0.1) is 16.8 Å². The van der Waals surface area contributed by atoms with Crippen LogP contribution < -0.4 is 5.32 Å². The van der Waals surface area contributed by atoms with Crippen molar-refractivity contribution >= 4 is 11.3 Å². The van der Waals surface area contributed by atoms with Gasteiger partial charge in [0.1, 0.15) is 0 Å². The zero-order valence-electron chi connectivity index (χ0n) is 18.2. The highest BCUT2D eigenvalue weighted by Crippen LogP contribution is 2.47. The Morgan fingerprint density at radius 1 is 0.611 bits per heavy atom. The molecule has 1 heterocycles. The Hall–Kier alpha value is -3.76. The number of allylic oxidation sites excluding steroid dienone is 3. The standard InChI is InChI=1S/C25H13F10N/c1-3-4-5-10-8(2)36-25-11(10)6-9(13-15(26)19(30)23(34)20(31)16(13)27)7-12(25)14-17(28)21(32)24(35)22(33)18(14)29/h3-8,36H,1-2H3/b4-3-,10-5+. The Morgan fingerprint density at radius 2 is 1.03 bits per heavy atom. The first-order valence-electron chi connectivity index (χ1n) is 10.2. The molecule has 1 unspecified atom stereocenters. The van der Waals surface area contributed by atoms with Gasteiger partial charge in [-0.3, -0.25) is 0 Å². The van der Waals surface area contributed by atoms with E-state index in [4.69, 9.17) is 0 Å². The summed E-state index contributed by atoms with van der Waals surface area (Å²) in [5.74, 6) is -23.0. The number of fused-ring (bicyclic) bond motifs is 1. The molecule has 0 radical (unpaired) electrons. The molecule has 0 saturated heterocycles. The number of hydrogen-bond acceptors (Lipinski definition) is 1. The minimum absolute atomic E-state index is 0.0130. The second kappa shape index (κ2) is 9.03. The summed E-state index contributed by atoms with van der Waals surface area (Å²) in [6.07, 6.45) is 4.62. The number of hydrogen-bond donors (Lipinski definition) is 1. The summed E-state index contributed by atoms with van der Waals surface area (Å²) in [6, 6.07) is 0.950. The molecule has 0 bridgehead atoms. The summed E-state index contributed by atoms with van der Waals surface area (Å²) in [5, 5.41) is 2.80. The SMILES string of the molecule is C/C=C\C=C1\c2cc(-c3c(F)c(F)c(F)c(F)c3F)cc(-c3c(F)c(F)c(F)c(F)c3F)c2NC1C. The molecular weight excluding hydrogens is 504 g/mol. The third kappa shape index (κ3) is 3.64. The summed E-state index contributed by atoms with van der Waals surface area (Å²) in [4.78, 5) is 0. The molecule has 1 nitrogen and oxygen atoms in total. The lowest BCUT2D eigenvalue weighted by molar-refractivity contribution is 0.381. The molecule has 3 aromatic carbocycles. The van der Waals surface area contributed by atoms with Crippen LogP contribution in [0.25, 0.3) is 27.8 Å². The summed E-state index contributed by atoms with van der Waals surface area (Å²) >= 11 is 0. The predicted molar refractivity (Wildman–Crippen MR) is 113 cm³/mol. The van der Waals surface area contributed by atoms with Gasteiger partial charge in [-0.2, -0.15) is 0 Å². The van der Waals surface area contributed by atoms with E-state index < -0.39 is 86.5 Å². The molecule has 0 fully saturated rings. The molecule has 0 aliphatic carbocycles. The Morgan fingerprint density at radius 3 is 1.50 bits per heavy atom. The van der Waals surface area contributed by atoms with E-state index in [2.05, 4.69) is 5.32 Å². The molecule has 1 aliphatic heterocycles. The van der Waals surface area contributed by atoms with Gasteiger partial charge >= 0.3 is 0 Å². The van der Waals surface area contributed by atoms with Crippen LogP contribution in [0.1, 0.15) is 19.4 Å². The minimum Gasteiger partial charge on any atom is -0.377 e. The zero-order valence-corrected chi connectivity index (χ0v) is 18.2. The van der Waals surface area contributed by atoms with E-state index in [1.165, 1.54) is 12.2 Å². The van der Waals surface area contributed by atoms with Gasteiger partial charge in [0, 0.05) is 17.2 Å². The van der Waals surface area contributed by atoms with E-state index in [-0.39, 0.29) is 11.3 Å². The average molecular weight is 517 g/mol. The van der Waals surface area contributed by atoms with E-state index in [9.17, 15) is 43.9 Å². The summed E-state index contributed by atoms with van der Waals surface area (Å²) in [7, 11) is 0. The number of anilines is 1. The quantitative estimate of drug-likeness (QED) is 0.210. The van der Waals surface area contributed by atoms with Gasteiger partial charge in [-0.1, -0.05) is 18.2 Å². The number of rotatable bonds is 3. The fraction of sp³-hybridized carbons (Fsp3) is 0.120. The highest BCUT2D eigenvalue weighted by Gasteiger charge is 2.34. The van der Waals surface area contributed by atoms with Gasteiger partial charge in [-0.15, -0.1) is 0 Å². The Bertz CT molecular complexity index is 1430. The fourth-order valence-electron chi connectivity index (χ4n) is 4.03. The van der Waals surface area contributed by atoms with Gasteiger partial charge in [0.2, 0.25) is 11.6 Å². The first-order chi connectivity index (χ1) is 16.9. The highest BCUT2D eigenvalue weighted by molar-refractivity contribution is 5.98. The van der Waals surface area contributed by atoms with Crippen molar-refractivity contribution in [2.45, 2.75) is 19.9 Å². The van der Waals surface area contributed by atoms with Crippen molar-refractivity contribution in [1.82, 2.24) is 0 Å². The van der Waals surface area contributed by atoms with Gasteiger partial charge in [-0.05, 0) is 37.1 Å². The lowest BCUT2D eigenvalue weighted by atomic mass is 9.91. The molecule has 0 spiro atoms. The lowest BCUT2D eigenvalue weighted by Crippen LogP contribution is -2.10. The maximum Gasteiger partial charge on any atom is 0.200 e. The van der Waals surface area contributed by atoms with Crippen molar-refractivity contribution in [3.05, 3.63) is 94.1 Å². The van der Waals surface area contributed by atoms with Crippen LogP contribution in [-0.4, -0.2) is 6.04 Å². The number of benzene rings is 3. The molecule has 0 aromatic heterocycles. The number of nitrogens with one attached hydrogen (secondary N) is 1. The van der Waals surface area contributed by atoms with Gasteiger partial charge in [-0.25, -0.2) is 43.9 Å². The van der Waals surface area contributed by atoms with Crippen molar-refractivity contribution in [2.75, 3.05) is 5.32 Å². The molecule has 3 aromatic rings. The lowest BCUT2D eigenvalue weighted by Gasteiger charge is -2.16. The monoisotopic (exact) mass is 517 g/mol. The van der Waals surface area contributed by atoms with E-state index >= 15 is 0 Å². The maximum atomic E-state index is 14.7. The summed E-state index contributed by atoms with van der Waals surface area (Å²) < 4.78 is 142. The molecule has 1 N–H and O–H groups in total. The van der Waals surface area contributed by atoms with E-state index in [1.54, 1.807) is 19.9 Å². The first-order valence-corrected chi connectivity index (χ1v) is 10.2. The largest absolute Gasteiger partial charge is 0.377 e. The van der Waals surface area contributed by atoms with Crippen LogP contribution in [0.3, 0.4) is 0 Å². The van der Waals surface area contributed by atoms with Crippen LogP contribution in [0.15, 0.2) is 30.4 Å². The fourth-order valence-corrected chi connectivity index (χ4v) is 4.03. The van der Waals surface area contributed by atoms with Gasteiger partial charge < -0.3 is 5.32 Å². The normalized spacial score (nSPS) is 16.2. The second-order valence-corrected chi connectivity index (χ2v) is 7.85. The molecule has 11 heteroatoms. The number of halogens is 10. The van der Waals surface area contributed by atoms with Crippen molar-refractivity contribution < 1.29 is 43.9 Å². The molecule has 0 amide bonds. The third-order valence-corrected chi connectivity index (χ3v) is 5.72. The minimum atomic E-state index is -2.43. The first kappa shape index (κ1) is 25.3. The van der Waals surface area contributed by atoms with E-state index in [0.717, 1.165) is 6.07 Å². The maximum absolute atomic E-state index is 14.7. The average Bonchev–Trinajstić information content (AvgIpc) is 3.17. The Labute approximate surface area is 197 Å². The second-order valence-electron chi connectivity index (χ2n) is 7.85. The highest BCUT2D eigenvalue weighted by atomic mass is 19.2. The van der Waals surface area contributed by atoms with Crippen LogP contribution in [0.4, 0.5) is 49.6 Å². The molecule has 1 aliphatic rings. The van der Waals surface area contributed by atoms with Crippen LogP contribution in [0, 0.1) is 58.2 Å². The van der Waals surface area contributed by atoms with Crippen LogP contribution in [0.2, 0.25) is 0 Å². The molecule has 0 saturated carbocycles. The summed E-state index contributed by atoms with van der Waals surface area (Å²) in [6.45, 7) is 3.21. The Kier molecular flexibility index (Phi) is 6.36. The van der Waals surface area contributed by atoms with Crippen LogP contribution in [-0.2, 0) is 0 Å². The third-order valence-electron chi connectivity index (χ3n) is 5.72. The van der Waals surface area contributed by atoms with Crippen molar-refractivity contribution in [3.63, 3.8) is 0 Å². The molecular formula is C25H13F10N. The van der Waals surface area contributed by atoms with Crippen molar-refractivity contribution in [2.24, 2.45) is 0 Å². The van der Waals surface area contributed by atoms with Crippen molar-refractivity contribution in [3.8, 4) is 22.3 Å². The molecule has 1 atom stereocenters. The van der Waals surface area contributed by atoms with E-state index in [1.807, 2.05) is 0 Å². The van der Waals surface area contributed by atoms with E-state index in [0.29, 0.717) is 11.6 Å².